The van der Waals surface area contributed by atoms with Crippen LogP contribution in [0.25, 0.3) is 0 Å². The number of aromatic nitrogens is 2. The Morgan fingerprint density at radius 2 is 1.96 bits per heavy atom. The Morgan fingerprint density at radius 1 is 1.14 bits per heavy atom. The molecule has 1 aromatic heterocycles. The van der Waals surface area contributed by atoms with Crippen LogP contribution in [0.15, 0.2) is 48.5 Å². The molecule has 2 aromatic carbocycles. The maximum atomic E-state index is 12.3. The Kier molecular flexibility index (Phi) is 4.98. The van der Waals surface area contributed by atoms with Gasteiger partial charge in [-0.1, -0.05) is 41.7 Å². The number of non-ortho nitro benzene ring substituents is 1. The molecule has 1 amide bonds. The fourth-order valence-corrected chi connectivity index (χ4v) is 4.01. The topological polar surface area (TPSA) is 110 Å². The first-order valence-electron chi connectivity index (χ1n) is 8.84. The Hall–Kier alpha value is -3.33. The summed E-state index contributed by atoms with van der Waals surface area (Å²) < 4.78 is 0. The van der Waals surface area contributed by atoms with Crippen molar-refractivity contribution in [3.05, 3.63) is 75.3 Å². The molecule has 0 aliphatic heterocycles. The lowest BCUT2D eigenvalue weighted by molar-refractivity contribution is -0.384. The van der Waals surface area contributed by atoms with Crippen molar-refractivity contribution in [3.8, 4) is 0 Å². The number of benzene rings is 2. The van der Waals surface area contributed by atoms with E-state index in [1.165, 1.54) is 46.7 Å². The van der Waals surface area contributed by atoms with E-state index in [0.29, 0.717) is 10.3 Å². The predicted octanol–water partition coefficient (Wildman–Crippen LogP) is 4.19. The van der Waals surface area contributed by atoms with Crippen LogP contribution >= 0.6 is 11.3 Å². The molecule has 142 valence electrons. The van der Waals surface area contributed by atoms with E-state index >= 15 is 0 Å². The molecule has 8 nitrogen and oxygen atoms in total. The second-order valence-corrected chi connectivity index (χ2v) is 7.44. The van der Waals surface area contributed by atoms with Crippen molar-refractivity contribution < 1.29 is 9.72 Å². The average molecular weight is 395 g/mol. The van der Waals surface area contributed by atoms with E-state index in [1.807, 2.05) is 12.1 Å². The van der Waals surface area contributed by atoms with Crippen LogP contribution in [0.1, 0.15) is 40.4 Å². The van der Waals surface area contributed by atoms with Crippen molar-refractivity contribution in [2.75, 3.05) is 10.6 Å². The van der Waals surface area contributed by atoms with Crippen molar-refractivity contribution in [2.45, 2.75) is 25.3 Å². The molecule has 0 fully saturated rings. The van der Waals surface area contributed by atoms with Crippen LogP contribution in [0.5, 0.6) is 0 Å². The third-order valence-electron chi connectivity index (χ3n) is 4.63. The quantitative estimate of drug-likeness (QED) is 0.495. The zero-order valence-corrected chi connectivity index (χ0v) is 15.6. The fraction of sp³-hybridized carbons (Fsp3) is 0.211. The van der Waals surface area contributed by atoms with E-state index in [9.17, 15) is 14.9 Å². The second-order valence-electron chi connectivity index (χ2n) is 6.46. The number of fused-ring (bicyclic) bond motifs is 1. The molecule has 0 saturated carbocycles. The molecule has 0 bridgehead atoms. The van der Waals surface area contributed by atoms with E-state index in [2.05, 4.69) is 33.0 Å². The van der Waals surface area contributed by atoms with Crippen LogP contribution in [0.4, 0.5) is 16.0 Å². The number of aryl methyl sites for hydroxylation is 1. The Bertz CT molecular complexity index is 1040. The lowest BCUT2D eigenvalue weighted by Crippen LogP contribution is -2.17. The van der Waals surface area contributed by atoms with Gasteiger partial charge in [0.25, 0.3) is 11.6 Å². The van der Waals surface area contributed by atoms with E-state index in [4.69, 9.17) is 0 Å². The fourth-order valence-electron chi connectivity index (χ4n) is 3.31. The molecular formula is C19H17N5O3S. The van der Waals surface area contributed by atoms with Crippen molar-refractivity contribution in [2.24, 2.45) is 0 Å². The highest BCUT2D eigenvalue weighted by molar-refractivity contribution is 7.19. The highest BCUT2D eigenvalue weighted by atomic mass is 32.1. The van der Waals surface area contributed by atoms with Gasteiger partial charge in [-0.25, -0.2) is 0 Å². The average Bonchev–Trinajstić information content (AvgIpc) is 3.15. The van der Waals surface area contributed by atoms with Gasteiger partial charge in [-0.15, -0.1) is 10.2 Å². The van der Waals surface area contributed by atoms with Crippen LogP contribution < -0.4 is 10.6 Å². The normalized spacial score (nSPS) is 15.5. The second kappa shape index (κ2) is 7.73. The van der Waals surface area contributed by atoms with Gasteiger partial charge in [0, 0.05) is 17.7 Å². The first kappa shape index (κ1) is 18.1. The number of anilines is 2. The zero-order chi connectivity index (χ0) is 19.5. The predicted molar refractivity (Wildman–Crippen MR) is 107 cm³/mol. The third-order valence-corrected chi connectivity index (χ3v) is 5.40. The summed E-state index contributed by atoms with van der Waals surface area (Å²) in [4.78, 5) is 22.7. The van der Waals surface area contributed by atoms with Crippen molar-refractivity contribution in [3.63, 3.8) is 0 Å². The molecule has 1 unspecified atom stereocenters. The van der Waals surface area contributed by atoms with Gasteiger partial charge in [-0.3, -0.25) is 20.2 Å². The van der Waals surface area contributed by atoms with Gasteiger partial charge in [0.15, 0.2) is 0 Å². The number of nitrogens with one attached hydrogen (secondary N) is 2. The molecule has 1 heterocycles. The number of hydrogen-bond acceptors (Lipinski definition) is 7. The molecule has 1 atom stereocenters. The number of carbonyl (C=O) groups excluding carboxylic acids is 1. The Labute approximate surface area is 164 Å². The van der Waals surface area contributed by atoms with Crippen LogP contribution in [0, 0.1) is 10.1 Å². The van der Waals surface area contributed by atoms with Crippen LogP contribution in [-0.2, 0) is 6.42 Å². The number of hydrogen-bond donors (Lipinski definition) is 2. The highest BCUT2D eigenvalue weighted by Gasteiger charge is 2.21. The van der Waals surface area contributed by atoms with Crippen LogP contribution in [0.3, 0.4) is 0 Å². The van der Waals surface area contributed by atoms with Gasteiger partial charge in [0.1, 0.15) is 0 Å². The first-order chi connectivity index (χ1) is 13.6. The molecular weight excluding hydrogens is 378 g/mol. The molecule has 0 saturated heterocycles. The van der Waals surface area contributed by atoms with Gasteiger partial charge in [0.05, 0.1) is 11.0 Å². The zero-order valence-electron chi connectivity index (χ0n) is 14.8. The minimum absolute atomic E-state index is 0.136. The molecule has 1 aliphatic carbocycles. The van der Waals surface area contributed by atoms with Crippen LogP contribution in [-0.4, -0.2) is 21.0 Å². The molecule has 4 rings (SSSR count). The first-order valence-corrected chi connectivity index (χ1v) is 9.65. The number of carbonyl (C=O) groups is 1. The summed E-state index contributed by atoms with van der Waals surface area (Å²) in [5.74, 6) is -0.464. The maximum Gasteiger partial charge on any atom is 0.270 e. The van der Waals surface area contributed by atoms with E-state index in [0.717, 1.165) is 19.3 Å². The van der Waals surface area contributed by atoms with Gasteiger partial charge in [-0.2, -0.15) is 0 Å². The number of nitro groups is 1. The van der Waals surface area contributed by atoms with Gasteiger partial charge in [0.2, 0.25) is 10.3 Å². The summed E-state index contributed by atoms with van der Waals surface area (Å²) >= 11 is 1.24. The smallest absolute Gasteiger partial charge is 0.270 e. The van der Waals surface area contributed by atoms with Gasteiger partial charge in [-0.05, 0) is 36.5 Å². The molecule has 1 aliphatic rings. The summed E-state index contributed by atoms with van der Waals surface area (Å²) in [6, 6.07) is 14.1. The van der Waals surface area contributed by atoms with Crippen molar-refractivity contribution in [1.82, 2.24) is 10.2 Å². The molecule has 0 spiro atoms. The van der Waals surface area contributed by atoms with E-state index < -0.39 is 10.8 Å². The van der Waals surface area contributed by atoms with Crippen molar-refractivity contribution >= 4 is 33.2 Å². The van der Waals surface area contributed by atoms with Crippen LogP contribution in [0.2, 0.25) is 0 Å². The lowest BCUT2D eigenvalue weighted by atomic mass is 9.88. The minimum Gasteiger partial charge on any atom is -0.353 e. The summed E-state index contributed by atoms with van der Waals surface area (Å²) in [5, 5.41) is 26.0. The monoisotopic (exact) mass is 395 g/mol. The molecule has 28 heavy (non-hydrogen) atoms. The molecule has 3 aromatic rings. The Morgan fingerprint density at radius 3 is 2.82 bits per heavy atom. The SMILES string of the molecule is O=C(Nc1nnc(NC2CCCc3ccccc32)s1)c1cccc([N+](=O)[O-])c1. The Balaban J connectivity index is 1.45. The van der Waals surface area contributed by atoms with Crippen molar-refractivity contribution in [1.29, 1.82) is 0 Å². The third kappa shape index (κ3) is 3.84. The maximum absolute atomic E-state index is 12.3. The lowest BCUT2D eigenvalue weighted by Gasteiger charge is -2.25. The highest BCUT2D eigenvalue weighted by Crippen LogP contribution is 2.33. The minimum atomic E-state index is -0.536. The van der Waals surface area contributed by atoms with E-state index in [1.54, 1.807) is 0 Å². The summed E-state index contributed by atoms with van der Waals surface area (Å²) in [7, 11) is 0. The van der Waals surface area contributed by atoms with E-state index in [-0.39, 0.29) is 17.3 Å². The van der Waals surface area contributed by atoms with Gasteiger partial charge >= 0.3 is 0 Å². The number of amides is 1. The standard InChI is InChI=1S/C19H17N5O3S/c25-17(13-7-3-8-14(11-13)24(26)27)21-19-23-22-18(28-19)20-16-10-4-6-12-5-1-2-9-15(12)16/h1-3,5,7-9,11,16H,4,6,10H2,(H,20,22)(H,21,23,25). The largest absolute Gasteiger partial charge is 0.353 e. The molecule has 2 N–H and O–H groups in total. The van der Waals surface area contributed by atoms with Gasteiger partial charge < -0.3 is 5.32 Å². The number of rotatable bonds is 5. The molecule has 0 radical (unpaired) electrons. The molecule has 9 heteroatoms. The number of nitro benzene ring substituents is 1. The summed E-state index contributed by atoms with van der Waals surface area (Å²) in [6.07, 6.45) is 3.19. The summed E-state index contributed by atoms with van der Waals surface area (Å²) in [5.41, 5.74) is 2.67. The number of nitrogens with zero attached hydrogens (tertiary/aromatic N) is 3. The summed E-state index contributed by atoms with van der Waals surface area (Å²) in [6.45, 7) is 0.